The summed E-state index contributed by atoms with van der Waals surface area (Å²) in [5.74, 6) is -1.34. The second kappa shape index (κ2) is 6.34. The van der Waals surface area contributed by atoms with Gasteiger partial charge in [-0.1, -0.05) is 0 Å². The predicted octanol–water partition coefficient (Wildman–Crippen LogP) is 0.275. The number of carboxylic acids is 1. The highest BCUT2D eigenvalue weighted by Gasteiger charge is 2.35. The number of nitro groups is 1. The molecule has 9 heteroatoms. The van der Waals surface area contributed by atoms with Crippen LogP contribution in [-0.4, -0.2) is 35.3 Å². The Labute approximate surface area is 121 Å². The van der Waals surface area contributed by atoms with Crippen molar-refractivity contribution in [3.63, 3.8) is 0 Å². The molecular formula is C12H14N2O6P-. The molecule has 2 rings (SSSR count). The highest BCUT2D eigenvalue weighted by molar-refractivity contribution is 7.64. The Bertz CT molecular complexity index is 588. The minimum Gasteiger partial charge on any atom is -0.549 e. The Hall–Kier alpha value is -1.76. The first-order chi connectivity index (χ1) is 9.93. The van der Waals surface area contributed by atoms with Crippen molar-refractivity contribution < 1.29 is 23.9 Å². The van der Waals surface area contributed by atoms with E-state index in [0.717, 1.165) is 0 Å². The fourth-order valence-electron chi connectivity index (χ4n) is 2.12. The van der Waals surface area contributed by atoms with Crippen LogP contribution in [0.5, 0.6) is 0 Å². The highest BCUT2D eigenvalue weighted by atomic mass is 31.2. The molecule has 0 bridgehead atoms. The molecule has 1 aliphatic heterocycles. The number of nitrogens with zero attached hydrogens (tertiary/aromatic N) is 2. The van der Waals surface area contributed by atoms with Crippen molar-refractivity contribution in [1.82, 2.24) is 4.67 Å². The largest absolute Gasteiger partial charge is 0.549 e. The zero-order chi connectivity index (χ0) is 15.5. The van der Waals surface area contributed by atoms with Crippen molar-refractivity contribution in [1.29, 1.82) is 0 Å². The summed E-state index contributed by atoms with van der Waals surface area (Å²) in [6, 6.07) is 5.12. The van der Waals surface area contributed by atoms with Gasteiger partial charge in [-0.05, 0) is 25.0 Å². The van der Waals surface area contributed by atoms with E-state index >= 15 is 0 Å². The summed E-state index contributed by atoms with van der Waals surface area (Å²) in [6.07, 6.45) is 1.32. The monoisotopic (exact) mass is 313 g/mol. The Balaban J connectivity index is 2.36. The van der Waals surface area contributed by atoms with Gasteiger partial charge in [0.05, 0.1) is 22.8 Å². The topological polar surface area (TPSA) is 113 Å². The predicted molar refractivity (Wildman–Crippen MR) is 72.1 cm³/mol. The van der Waals surface area contributed by atoms with E-state index < -0.39 is 25.0 Å². The van der Waals surface area contributed by atoms with Gasteiger partial charge in [-0.25, -0.2) is 4.67 Å². The second-order valence-electron chi connectivity index (χ2n) is 4.59. The standard InChI is InChI=1S/C12H15N2O6P/c15-12(16)9-13-7-1-2-8-20-21(13,19)11-5-3-10(4-6-11)14(17)18/h3-6H,1-2,7-9H2,(H,15,16)/p-1. The molecule has 1 saturated heterocycles. The van der Waals surface area contributed by atoms with Crippen LogP contribution in [0, 0.1) is 10.1 Å². The molecule has 0 aromatic heterocycles. The van der Waals surface area contributed by atoms with Crippen molar-refractivity contribution in [3.8, 4) is 0 Å². The van der Waals surface area contributed by atoms with Crippen LogP contribution in [0.25, 0.3) is 0 Å². The van der Waals surface area contributed by atoms with Crippen LogP contribution in [-0.2, 0) is 13.9 Å². The van der Waals surface area contributed by atoms with Crippen LogP contribution in [0.15, 0.2) is 24.3 Å². The first kappa shape index (κ1) is 15.6. The maximum atomic E-state index is 13.0. The molecule has 0 N–H and O–H groups in total. The first-order valence-electron chi connectivity index (χ1n) is 6.38. The average molecular weight is 313 g/mol. The van der Waals surface area contributed by atoms with Gasteiger partial charge >= 0.3 is 7.52 Å². The lowest BCUT2D eigenvalue weighted by Crippen LogP contribution is -2.38. The molecule has 1 aliphatic rings. The normalized spacial score (nSPS) is 23.4. The molecule has 0 spiro atoms. The van der Waals surface area contributed by atoms with E-state index in [1.165, 1.54) is 28.9 Å². The van der Waals surface area contributed by atoms with Gasteiger partial charge < -0.3 is 14.4 Å². The summed E-state index contributed by atoms with van der Waals surface area (Å²) in [5, 5.41) is 21.7. The fraction of sp³-hybridized carbons (Fsp3) is 0.417. The van der Waals surface area contributed by atoms with Crippen LogP contribution in [0.2, 0.25) is 0 Å². The fourth-order valence-corrected chi connectivity index (χ4v) is 4.37. The smallest absolute Gasteiger partial charge is 0.302 e. The molecule has 0 aliphatic carbocycles. The van der Waals surface area contributed by atoms with Gasteiger partial charge in [0, 0.05) is 25.2 Å². The van der Waals surface area contributed by atoms with Crippen LogP contribution < -0.4 is 10.4 Å². The van der Waals surface area contributed by atoms with E-state index in [4.69, 9.17) is 4.52 Å². The number of carboxylic acid groups (broad SMARTS) is 1. The van der Waals surface area contributed by atoms with Gasteiger partial charge in [-0.2, -0.15) is 0 Å². The number of aliphatic carboxylic acids is 1. The summed E-state index contributed by atoms with van der Waals surface area (Å²) >= 11 is 0. The number of rotatable bonds is 4. The molecule has 114 valence electrons. The highest BCUT2D eigenvalue weighted by Crippen LogP contribution is 2.51. The van der Waals surface area contributed by atoms with E-state index in [1.54, 1.807) is 0 Å². The van der Waals surface area contributed by atoms with Crippen LogP contribution in [0.4, 0.5) is 5.69 Å². The lowest BCUT2D eigenvalue weighted by Gasteiger charge is -2.29. The second-order valence-corrected chi connectivity index (χ2v) is 6.98. The quantitative estimate of drug-likeness (QED) is 0.445. The van der Waals surface area contributed by atoms with Gasteiger partial charge in [0.2, 0.25) is 0 Å². The van der Waals surface area contributed by atoms with Gasteiger partial charge in [0.15, 0.2) is 0 Å². The number of carbonyl (C=O) groups is 1. The summed E-state index contributed by atoms with van der Waals surface area (Å²) in [5.41, 5.74) is -0.133. The minimum absolute atomic E-state index is 0.133. The van der Waals surface area contributed by atoms with E-state index in [2.05, 4.69) is 0 Å². The zero-order valence-corrected chi connectivity index (χ0v) is 12.0. The number of nitro benzene ring substituents is 1. The molecule has 0 amide bonds. The van der Waals surface area contributed by atoms with Crippen LogP contribution >= 0.6 is 7.52 Å². The summed E-state index contributed by atoms with van der Waals surface area (Å²) in [4.78, 5) is 20.9. The summed E-state index contributed by atoms with van der Waals surface area (Å²) < 4.78 is 19.7. The van der Waals surface area contributed by atoms with Gasteiger partial charge in [0.1, 0.15) is 0 Å². The molecular weight excluding hydrogens is 299 g/mol. The molecule has 1 fully saturated rings. The third-order valence-electron chi connectivity index (χ3n) is 3.15. The Morgan fingerprint density at radius 2 is 2.00 bits per heavy atom. The van der Waals surface area contributed by atoms with Crippen molar-refractivity contribution in [2.75, 3.05) is 19.7 Å². The minimum atomic E-state index is -3.53. The molecule has 1 aromatic rings. The molecule has 1 heterocycles. The SMILES string of the molecule is O=C([O-])CN1CCCCOP1(=O)c1ccc([N+](=O)[O-])cc1. The molecule has 21 heavy (non-hydrogen) atoms. The third kappa shape index (κ3) is 3.47. The van der Waals surface area contributed by atoms with Crippen molar-refractivity contribution >= 4 is 24.5 Å². The Morgan fingerprint density at radius 3 is 2.57 bits per heavy atom. The maximum absolute atomic E-state index is 13.0. The third-order valence-corrected chi connectivity index (χ3v) is 5.72. The molecule has 0 radical (unpaired) electrons. The van der Waals surface area contributed by atoms with Crippen molar-refractivity contribution in [2.24, 2.45) is 0 Å². The Morgan fingerprint density at radius 1 is 1.33 bits per heavy atom. The Kier molecular flexibility index (Phi) is 4.72. The maximum Gasteiger partial charge on any atom is 0.302 e. The molecule has 1 atom stereocenters. The number of hydrogen-bond donors (Lipinski definition) is 0. The number of carbonyl (C=O) groups excluding carboxylic acids is 1. The molecule has 0 saturated carbocycles. The number of benzene rings is 1. The summed E-state index contributed by atoms with van der Waals surface area (Å²) in [7, 11) is -3.53. The molecule has 1 unspecified atom stereocenters. The van der Waals surface area contributed by atoms with E-state index in [9.17, 15) is 24.6 Å². The lowest BCUT2D eigenvalue weighted by molar-refractivity contribution is -0.384. The lowest BCUT2D eigenvalue weighted by atomic mass is 10.3. The van der Waals surface area contributed by atoms with E-state index in [0.29, 0.717) is 19.4 Å². The van der Waals surface area contributed by atoms with E-state index in [-0.39, 0.29) is 17.6 Å². The van der Waals surface area contributed by atoms with Gasteiger partial charge in [-0.15, -0.1) is 0 Å². The van der Waals surface area contributed by atoms with Crippen molar-refractivity contribution in [3.05, 3.63) is 34.4 Å². The molecule has 8 nitrogen and oxygen atoms in total. The van der Waals surface area contributed by atoms with Crippen LogP contribution in [0.1, 0.15) is 12.8 Å². The first-order valence-corrected chi connectivity index (χ1v) is 7.96. The molecule has 1 aromatic carbocycles. The number of hydrogen-bond acceptors (Lipinski definition) is 6. The number of non-ortho nitro benzene ring substituents is 1. The van der Waals surface area contributed by atoms with Crippen LogP contribution in [0.3, 0.4) is 0 Å². The average Bonchev–Trinajstić information content (AvgIpc) is 2.62. The van der Waals surface area contributed by atoms with E-state index in [1.807, 2.05) is 0 Å². The summed E-state index contributed by atoms with van der Waals surface area (Å²) in [6.45, 7) is 0.0499. The zero-order valence-electron chi connectivity index (χ0n) is 11.1. The van der Waals surface area contributed by atoms with Gasteiger partial charge in [0.25, 0.3) is 5.69 Å². The van der Waals surface area contributed by atoms with Gasteiger partial charge in [-0.3, -0.25) is 14.7 Å². The van der Waals surface area contributed by atoms with Crippen molar-refractivity contribution in [2.45, 2.75) is 12.8 Å².